The fraction of sp³-hybridized carbons (Fsp3) is 0.231. The van der Waals surface area contributed by atoms with Crippen molar-refractivity contribution in [3.8, 4) is 11.5 Å². The molecule has 0 saturated heterocycles. The minimum absolute atomic E-state index is 0.0557. The van der Waals surface area contributed by atoms with E-state index in [1.165, 1.54) is 12.1 Å². The summed E-state index contributed by atoms with van der Waals surface area (Å²) in [7, 11) is -2.15. The van der Waals surface area contributed by atoms with Crippen LogP contribution in [-0.4, -0.2) is 46.9 Å². The molecule has 0 aromatic heterocycles. The molecule has 1 atom stereocenters. The number of nitrogens with two attached hydrogens (primary N) is 1. The van der Waals surface area contributed by atoms with E-state index in [0.717, 1.165) is 34.0 Å². The number of primary sulfonamides is 1. The van der Waals surface area contributed by atoms with Crippen LogP contribution in [0.15, 0.2) is 87.8 Å². The molecule has 0 fully saturated rings. The second kappa shape index (κ2) is 10.00. The average Bonchev–Trinajstić information content (AvgIpc) is 3.58. The summed E-state index contributed by atoms with van der Waals surface area (Å²) in [6, 6.07) is 22.0. The first-order valence-electron chi connectivity index (χ1n) is 11.4. The maximum atomic E-state index is 11.7. The standard InChI is InChI=1S/C26H26N4O5S/c1-33-21-8-4-19(5-9-21)25-16-24(29-30(25)20-6-12-23(13-7-20)36(27,31)32)18-2-10-22(11-3-18)35-17-26-28-14-15-34-26/h2-13,25H,14-17H2,1H3,(H2,27,31,32). The number of benzene rings is 3. The van der Waals surface area contributed by atoms with Gasteiger partial charge in [0.15, 0.2) is 6.61 Å². The third-order valence-corrected chi connectivity index (χ3v) is 6.97. The summed E-state index contributed by atoms with van der Waals surface area (Å²) in [5.41, 5.74) is 3.69. The average molecular weight is 507 g/mol. The van der Waals surface area contributed by atoms with Gasteiger partial charge >= 0.3 is 0 Å². The zero-order valence-electron chi connectivity index (χ0n) is 19.7. The molecule has 2 heterocycles. The number of nitrogens with zero attached hydrogens (tertiary/aromatic N) is 3. The van der Waals surface area contributed by atoms with Crippen molar-refractivity contribution in [2.45, 2.75) is 17.4 Å². The zero-order valence-corrected chi connectivity index (χ0v) is 20.5. The monoisotopic (exact) mass is 506 g/mol. The van der Waals surface area contributed by atoms with Crippen molar-refractivity contribution in [2.24, 2.45) is 15.2 Å². The molecule has 3 aromatic rings. The van der Waals surface area contributed by atoms with E-state index in [1.807, 2.05) is 53.5 Å². The zero-order chi connectivity index (χ0) is 25.1. The van der Waals surface area contributed by atoms with E-state index in [-0.39, 0.29) is 10.9 Å². The van der Waals surface area contributed by atoms with Crippen molar-refractivity contribution in [2.75, 3.05) is 31.9 Å². The summed E-state index contributed by atoms with van der Waals surface area (Å²) in [6.45, 7) is 1.59. The fourth-order valence-corrected chi connectivity index (χ4v) is 4.67. The Balaban J connectivity index is 1.41. The van der Waals surface area contributed by atoms with Crippen LogP contribution in [0.5, 0.6) is 11.5 Å². The van der Waals surface area contributed by atoms with Crippen molar-refractivity contribution >= 4 is 27.3 Å². The number of methoxy groups -OCH3 is 1. The first-order chi connectivity index (χ1) is 17.4. The number of sulfonamides is 1. The molecule has 0 saturated carbocycles. The lowest BCUT2D eigenvalue weighted by Gasteiger charge is -2.24. The van der Waals surface area contributed by atoms with E-state index < -0.39 is 10.0 Å². The Morgan fingerprint density at radius 3 is 2.31 bits per heavy atom. The van der Waals surface area contributed by atoms with E-state index in [0.29, 0.717) is 32.1 Å². The first kappa shape index (κ1) is 23.8. The van der Waals surface area contributed by atoms with Crippen molar-refractivity contribution in [1.29, 1.82) is 0 Å². The smallest absolute Gasteiger partial charge is 0.238 e. The van der Waals surface area contributed by atoms with Crippen LogP contribution >= 0.6 is 0 Å². The highest BCUT2D eigenvalue weighted by molar-refractivity contribution is 7.89. The van der Waals surface area contributed by atoms with Crippen LogP contribution in [-0.2, 0) is 14.8 Å². The maximum Gasteiger partial charge on any atom is 0.238 e. The Morgan fingerprint density at radius 2 is 1.69 bits per heavy atom. The van der Waals surface area contributed by atoms with E-state index in [1.54, 1.807) is 19.2 Å². The van der Waals surface area contributed by atoms with Crippen molar-refractivity contribution in [3.63, 3.8) is 0 Å². The van der Waals surface area contributed by atoms with Crippen molar-refractivity contribution < 1.29 is 22.6 Å². The van der Waals surface area contributed by atoms with Gasteiger partial charge in [0.25, 0.3) is 0 Å². The molecule has 0 radical (unpaired) electrons. The molecule has 5 rings (SSSR count). The van der Waals surface area contributed by atoms with Crippen LogP contribution in [0.4, 0.5) is 5.69 Å². The van der Waals surface area contributed by atoms with Gasteiger partial charge in [-0.05, 0) is 71.8 Å². The highest BCUT2D eigenvalue weighted by Gasteiger charge is 2.30. The summed E-state index contributed by atoms with van der Waals surface area (Å²) in [6.07, 6.45) is 0.661. The van der Waals surface area contributed by atoms with Crippen LogP contribution < -0.4 is 19.6 Å². The normalized spacial score (nSPS) is 17.4. The molecular formula is C26H26N4O5S. The van der Waals surface area contributed by atoms with Crippen molar-refractivity contribution in [3.05, 3.63) is 83.9 Å². The van der Waals surface area contributed by atoms with Gasteiger partial charge in [0.05, 0.1) is 36.0 Å². The topological polar surface area (TPSA) is 116 Å². The molecule has 2 aliphatic rings. The first-order valence-corrected chi connectivity index (χ1v) is 13.0. The largest absolute Gasteiger partial charge is 0.497 e. The Bertz CT molecular complexity index is 1390. The van der Waals surface area contributed by atoms with E-state index >= 15 is 0 Å². The molecule has 0 aliphatic carbocycles. The predicted octanol–water partition coefficient (Wildman–Crippen LogP) is 3.51. The number of ether oxygens (including phenoxy) is 3. The number of aliphatic imine (C=N–C) groups is 1. The second-order valence-electron chi connectivity index (χ2n) is 8.36. The van der Waals surface area contributed by atoms with Crippen LogP contribution in [0.2, 0.25) is 0 Å². The Hall–Kier alpha value is -3.89. The Kier molecular flexibility index (Phi) is 6.62. The van der Waals surface area contributed by atoms with Gasteiger partial charge in [0, 0.05) is 6.42 Å². The van der Waals surface area contributed by atoms with Crippen LogP contribution in [0.25, 0.3) is 0 Å². The third-order valence-electron chi connectivity index (χ3n) is 6.04. The Labute approximate surface area is 209 Å². The molecule has 2 N–H and O–H groups in total. The minimum Gasteiger partial charge on any atom is -0.497 e. The van der Waals surface area contributed by atoms with Gasteiger partial charge in [0.2, 0.25) is 15.9 Å². The molecule has 1 unspecified atom stereocenters. The van der Waals surface area contributed by atoms with Gasteiger partial charge in [-0.3, -0.25) is 5.01 Å². The molecule has 0 spiro atoms. The lowest BCUT2D eigenvalue weighted by molar-refractivity contribution is 0.293. The molecule has 186 valence electrons. The van der Waals surface area contributed by atoms with Gasteiger partial charge < -0.3 is 14.2 Å². The van der Waals surface area contributed by atoms with Crippen LogP contribution in [0.1, 0.15) is 23.6 Å². The molecule has 0 amide bonds. The lowest BCUT2D eigenvalue weighted by atomic mass is 9.98. The number of anilines is 1. The summed E-state index contributed by atoms with van der Waals surface area (Å²) in [4.78, 5) is 4.29. The van der Waals surface area contributed by atoms with Crippen molar-refractivity contribution in [1.82, 2.24) is 0 Å². The summed E-state index contributed by atoms with van der Waals surface area (Å²) >= 11 is 0. The van der Waals surface area contributed by atoms with Gasteiger partial charge in [0.1, 0.15) is 18.1 Å². The summed E-state index contributed by atoms with van der Waals surface area (Å²) in [5, 5.41) is 12.1. The van der Waals surface area contributed by atoms with E-state index in [2.05, 4.69) is 4.99 Å². The maximum absolute atomic E-state index is 11.7. The summed E-state index contributed by atoms with van der Waals surface area (Å²) in [5.74, 6) is 2.11. The van der Waals surface area contributed by atoms with Gasteiger partial charge in [-0.1, -0.05) is 12.1 Å². The number of hydrogen-bond donors (Lipinski definition) is 1. The molecule has 10 heteroatoms. The Morgan fingerprint density at radius 1 is 1.00 bits per heavy atom. The highest BCUT2D eigenvalue weighted by Crippen LogP contribution is 2.37. The minimum atomic E-state index is -3.78. The summed E-state index contributed by atoms with van der Waals surface area (Å²) < 4.78 is 39.9. The molecule has 0 bridgehead atoms. The van der Waals surface area contributed by atoms with E-state index in [9.17, 15) is 8.42 Å². The van der Waals surface area contributed by atoms with Gasteiger partial charge in [-0.2, -0.15) is 5.10 Å². The number of rotatable bonds is 8. The molecule has 3 aromatic carbocycles. The molecular weight excluding hydrogens is 480 g/mol. The number of hydrogen-bond acceptors (Lipinski definition) is 8. The van der Waals surface area contributed by atoms with Crippen LogP contribution in [0.3, 0.4) is 0 Å². The van der Waals surface area contributed by atoms with Gasteiger partial charge in [-0.25, -0.2) is 18.5 Å². The fourth-order valence-electron chi connectivity index (χ4n) is 4.15. The highest BCUT2D eigenvalue weighted by atomic mass is 32.2. The SMILES string of the molecule is COc1ccc(C2CC(c3ccc(OCC4=NCCO4)cc3)=NN2c2ccc(S(N)(=O)=O)cc2)cc1. The molecule has 36 heavy (non-hydrogen) atoms. The molecule has 2 aliphatic heterocycles. The predicted molar refractivity (Wildman–Crippen MR) is 137 cm³/mol. The second-order valence-corrected chi connectivity index (χ2v) is 9.92. The lowest BCUT2D eigenvalue weighted by Crippen LogP contribution is -2.19. The van der Waals surface area contributed by atoms with Gasteiger partial charge in [-0.15, -0.1) is 0 Å². The number of hydrazone groups is 1. The van der Waals surface area contributed by atoms with E-state index in [4.69, 9.17) is 24.5 Å². The third kappa shape index (κ3) is 5.19. The van der Waals surface area contributed by atoms with Crippen LogP contribution in [0, 0.1) is 0 Å². The quantitative estimate of drug-likeness (QED) is 0.500. The molecule has 9 nitrogen and oxygen atoms in total.